The van der Waals surface area contributed by atoms with Gasteiger partial charge in [-0.05, 0) is 19.1 Å². The summed E-state index contributed by atoms with van der Waals surface area (Å²) >= 11 is 0. The highest BCUT2D eigenvalue weighted by Crippen LogP contribution is 2.43. The van der Waals surface area contributed by atoms with Crippen LogP contribution in [-0.2, 0) is 18.6 Å². The summed E-state index contributed by atoms with van der Waals surface area (Å²) in [7, 11) is -1.11. The predicted octanol–water partition coefficient (Wildman–Crippen LogP) is 1.97. The van der Waals surface area contributed by atoms with E-state index in [1.54, 1.807) is 30.3 Å². The first kappa shape index (κ1) is 14.7. The third kappa shape index (κ3) is 4.14. The Morgan fingerprint density at radius 3 is 2.39 bits per heavy atom. The largest absolute Gasteiger partial charge is 0.468 e. The van der Waals surface area contributed by atoms with Crippen LogP contribution in [0.3, 0.4) is 0 Å². The molecule has 2 atom stereocenters. The molecule has 2 unspecified atom stereocenters. The number of nitrogens with one attached hydrogen (secondary N) is 1. The van der Waals surface area contributed by atoms with Crippen molar-refractivity contribution in [3.8, 4) is 5.75 Å². The third-order valence-electron chi connectivity index (χ3n) is 2.12. The number of benzene rings is 1. The molecule has 1 N–H and O–H groups in total. The molecule has 6 nitrogen and oxygen atoms in total. The van der Waals surface area contributed by atoms with Gasteiger partial charge in [-0.1, -0.05) is 18.2 Å². The number of hydrogen-bond donors (Lipinski definition) is 1. The second-order valence-electron chi connectivity index (χ2n) is 3.46. The smallest absolute Gasteiger partial charge is 0.459 e. The van der Waals surface area contributed by atoms with E-state index in [0.717, 1.165) is 0 Å². The number of ether oxygens (including phenoxy) is 1. The molecule has 0 saturated carbocycles. The molecule has 100 valence electrons. The number of hydrogen-bond acceptors (Lipinski definition) is 5. The van der Waals surface area contributed by atoms with Crippen molar-refractivity contribution in [3.05, 3.63) is 30.3 Å². The number of methoxy groups -OCH3 is 1. The summed E-state index contributed by atoms with van der Waals surface area (Å²) < 4.78 is 26.8. The van der Waals surface area contributed by atoms with Crippen LogP contribution in [0.4, 0.5) is 0 Å². The minimum absolute atomic E-state index is 0.382. The molecule has 0 aliphatic heterocycles. The van der Waals surface area contributed by atoms with Crippen molar-refractivity contribution in [1.82, 2.24) is 5.09 Å². The molecule has 0 spiro atoms. The first-order valence-electron chi connectivity index (χ1n) is 5.27. The maximum Gasteiger partial charge on any atom is 0.459 e. The lowest BCUT2D eigenvalue weighted by molar-refractivity contribution is -0.142. The Morgan fingerprint density at radius 1 is 1.28 bits per heavy atom. The van der Waals surface area contributed by atoms with Crippen molar-refractivity contribution < 1.29 is 23.1 Å². The van der Waals surface area contributed by atoms with Crippen molar-refractivity contribution >= 4 is 13.7 Å². The first-order chi connectivity index (χ1) is 8.50. The van der Waals surface area contributed by atoms with Gasteiger partial charge in [0, 0.05) is 7.11 Å². The Labute approximate surface area is 106 Å². The molecule has 18 heavy (non-hydrogen) atoms. The molecule has 0 heterocycles. The number of rotatable bonds is 6. The predicted molar refractivity (Wildman–Crippen MR) is 66.3 cm³/mol. The lowest BCUT2D eigenvalue weighted by Gasteiger charge is -2.20. The Morgan fingerprint density at radius 2 is 1.89 bits per heavy atom. The molecule has 0 aromatic heterocycles. The van der Waals surface area contributed by atoms with Gasteiger partial charge in [0.1, 0.15) is 11.8 Å². The van der Waals surface area contributed by atoms with Crippen LogP contribution in [0.5, 0.6) is 5.75 Å². The third-order valence-corrected chi connectivity index (χ3v) is 3.75. The van der Waals surface area contributed by atoms with Crippen LogP contribution in [0.2, 0.25) is 0 Å². The molecule has 0 aliphatic rings. The quantitative estimate of drug-likeness (QED) is 0.631. The Balaban J connectivity index is 2.74. The van der Waals surface area contributed by atoms with E-state index in [2.05, 4.69) is 9.82 Å². The first-order valence-corrected chi connectivity index (χ1v) is 6.81. The molecule has 0 radical (unpaired) electrons. The van der Waals surface area contributed by atoms with E-state index < -0.39 is 19.8 Å². The summed E-state index contributed by atoms with van der Waals surface area (Å²) in [5.74, 6) is -0.170. The van der Waals surface area contributed by atoms with Crippen LogP contribution in [0.1, 0.15) is 6.92 Å². The Kier molecular flexibility index (Phi) is 5.34. The average molecular weight is 273 g/mol. The number of carbonyl (C=O) groups is 1. The van der Waals surface area contributed by atoms with E-state index in [-0.39, 0.29) is 0 Å². The molecule has 0 fully saturated rings. The van der Waals surface area contributed by atoms with Crippen LogP contribution in [0.25, 0.3) is 0 Å². The van der Waals surface area contributed by atoms with E-state index in [9.17, 15) is 9.36 Å². The molecule has 1 aromatic carbocycles. The maximum absolute atomic E-state index is 12.2. The molecular formula is C11H16NO5P. The molecule has 0 amide bonds. The van der Waals surface area contributed by atoms with E-state index in [0.29, 0.717) is 5.75 Å². The van der Waals surface area contributed by atoms with Crippen LogP contribution in [0, 0.1) is 0 Å². The highest BCUT2D eigenvalue weighted by atomic mass is 31.2. The average Bonchev–Trinajstić information content (AvgIpc) is 2.38. The highest BCUT2D eigenvalue weighted by Gasteiger charge is 2.30. The minimum atomic E-state index is -3.60. The maximum atomic E-state index is 12.2. The fourth-order valence-electron chi connectivity index (χ4n) is 1.20. The molecule has 1 aromatic rings. The van der Waals surface area contributed by atoms with E-state index >= 15 is 0 Å². The minimum Gasteiger partial charge on any atom is -0.468 e. The van der Waals surface area contributed by atoms with Gasteiger partial charge in [0.15, 0.2) is 0 Å². The van der Waals surface area contributed by atoms with Crippen LogP contribution < -0.4 is 9.61 Å². The van der Waals surface area contributed by atoms with Crippen molar-refractivity contribution in [2.75, 3.05) is 14.2 Å². The molecule has 7 heteroatoms. The monoisotopic (exact) mass is 273 g/mol. The van der Waals surface area contributed by atoms with Crippen LogP contribution in [-0.4, -0.2) is 26.2 Å². The van der Waals surface area contributed by atoms with Gasteiger partial charge in [-0.2, -0.15) is 5.09 Å². The van der Waals surface area contributed by atoms with Gasteiger partial charge in [-0.3, -0.25) is 9.32 Å². The van der Waals surface area contributed by atoms with E-state index in [1.807, 2.05) is 0 Å². The van der Waals surface area contributed by atoms with Crippen LogP contribution in [0.15, 0.2) is 30.3 Å². The lowest BCUT2D eigenvalue weighted by Crippen LogP contribution is -2.34. The van der Waals surface area contributed by atoms with Gasteiger partial charge >= 0.3 is 13.7 Å². The second kappa shape index (κ2) is 6.54. The van der Waals surface area contributed by atoms with Gasteiger partial charge in [0.25, 0.3) is 0 Å². The van der Waals surface area contributed by atoms with Crippen molar-refractivity contribution in [2.45, 2.75) is 13.0 Å². The van der Waals surface area contributed by atoms with Crippen molar-refractivity contribution in [1.29, 1.82) is 0 Å². The fourth-order valence-corrected chi connectivity index (χ4v) is 2.41. The zero-order chi connectivity index (χ0) is 13.6. The Hall–Kier alpha value is -1.36. The lowest BCUT2D eigenvalue weighted by atomic mass is 10.3. The van der Waals surface area contributed by atoms with Gasteiger partial charge in [0.05, 0.1) is 7.11 Å². The van der Waals surface area contributed by atoms with Gasteiger partial charge in [0.2, 0.25) is 0 Å². The number of esters is 1. The zero-order valence-electron chi connectivity index (χ0n) is 10.5. The van der Waals surface area contributed by atoms with Gasteiger partial charge < -0.3 is 9.26 Å². The fraction of sp³-hybridized carbons (Fsp3) is 0.364. The second-order valence-corrected chi connectivity index (χ2v) is 5.26. The molecule has 0 saturated heterocycles. The molecule has 1 rings (SSSR count). The SMILES string of the molecule is COC(=O)C(C)NP(=O)(OC)Oc1ccccc1. The van der Waals surface area contributed by atoms with Crippen molar-refractivity contribution in [3.63, 3.8) is 0 Å². The van der Waals surface area contributed by atoms with Gasteiger partial charge in [-0.25, -0.2) is 4.57 Å². The van der Waals surface area contributed by atoms with Gasteiger partial charge in [-0.15, -0.1) is 0 Å². The molecule has 0 bridgehead atoms. The zero-order valence-corrected chi connectivity index (χ0v) is 11.3. The van der Waals surface area contributed by atoms with Crippen molar-refractivity contribution in [2.24, 2.45) is 0 Å². The number of para-hydroxylation sites is 1. The summed E-state index contributed by atoms with van der Waals surface area (Å²) in [4.78, 5) is 11.2. The summed E-state index contributed by atoms with van der Waals surface area (Å²) in [5.41, 5.74) is 0. The summed E-state index contributed by atoms with van der Waals surface area (Å²) in [6.07, 6.45) is 0. The summed E-state index contributed by atoms with van der Waals surface area (Å²) in [5, 5.41) is 2.48. The van der Waals surface area contributed by atoms with E-state index in [4.69, 9.17) is 9.05 Å². The summed E-state index contributed by atoms with van der Waals surface area (Å²) in [6.45, 7) is 1.51. The standard InChI is InChI=1S/C11H16NO5P/c1-9(11(13)15-2)12-18(14,16-3)17-10-7-5-4-6-8-10/h4-9H,1-3H3,(H,12,14). The Bertz CT molecular complexity index is 436. The topological polar surface area (TPSA) is 73.9 Å². The molecular weight excluding hydrogens is 257 g/mol. The molecule has 0 aliphatic carbocycles. The van der Waals surface area contributed by atoms with Crippen LogP contribution >= 0.6 is 7.75 Å². The summed E-state index contributed by atoms with van der Waals surface area (Å²) in [6, 6.07) is 7.74. The van der Waals surface area contributed by atoms with E-state index in [1.165, 1.54) is 21.1 Å². The highest BCUT2D eigenvalue weighted by molar-refractivity contribution is 7.52. The normalized spacial score (nSPS) is 15.5. The number of carbonyl (C=O) groups excluding carboxylic acids is 1.